The Balaban J connectivity index is 1.14. The van der Waals surface area contributed by atoms with Gasteiger partial charge in [0.25, 0.3) is 11.8 Å². The third-order valence-corrected chi connectivity index (χ3v) is 10.6. The van der Waals surface area contributed by atoms with Crippen molar-refractivity contribution in [3.8, 4) is 17.3 Å². The number of rotatable bonds is 8. The number of alkyl halides is 3. The molecule has 2 saturated carbocycles. The molecule has 3 N–H and O–H groups in total. The molecule has 1 aromatic carbocycles. The monoisotopic (exact) mass is 701 g/mol. The van der Waals surface area contributed by atoms with Gasteiger partial charge in [0.05, 0.1) is 30.1 Å². The molecule has 1 saturated heterocycles. The van der Waals surface area contributed by atoms with Crippen LogP contribution in [-0.2, 0) is 19.8 Å². The molecule has 5 heterocycles. The van der Waals surface area contributed by atoms with Crippen molar-refractivity contribution in [3.63, 3.8) is 0 Å². The van der Waals surface area contributed by atoms with Gasteiger partial charge in [0.15, 0.2) is 5.82 Å². The van der Waals surface area contributed by atoms with Crippen LogP contribution in [0, 0.1) is 11.8 Å². The third kappa shape index (κ3) is 5.96. The SMILES string of the molecule is COc1cc(C(=O)N2C[C@H](N)[C@H]3CC[C@@H]2C3)cc2nc(-c3cc4ccc([C@@H](C)NC(=O)c5ccnc(C(F)(F)F)n5)nc4n3CC3CC3)n(C)c12. The van der Waals surface area contributed by atoms with Crippen molar-refractivity contribution in [1.29, 1.82) is 0 Å². The van der Waals surface area contributed by atoms with E-state index in [4.69, 9.17) is 20.4 Å². The van der Waals surface area contributed by atoms with Crippen LogP contribution in [-0.4, -0.2) is 71.5 Å². The van der Waals surface area contributed by atoms with E-state index >= 15 is 0 Å². The molecule has 266 valence electrons. The van der Waals surface area contributed by atoms with Crippen LogP contribution < -0.4 is 15.8 Å². The highest BCUT2D eigenvalue weighted by atomic mass is 19.4. The summed E-state index contributed by atoms with van der Waals surface area (Å²) < 4.78 is 49.4. The second-order valence-corrected chi connectivity index (χ2v) is 14.1. The van der Waals surface area contributed by atoms with Crippen LogP contribution in [0.2, 0.25) is 0 Å². The molecule has 2 amide bonds. The number of fused-ring (bicyclic) bond motifs is 4. The van der Waals surface area contributed by atoms with Crippen LogP contribution in [0.5, 0.6) is 5.75 Å². The van der Waals surface area contributed by atoms with Gasteiger partial charge in [-0.2, -0.15) is 13.2 Å². The topological polar surface area (TPSA) is 146 Å². The lowest BCUT2D eigenvalue weighted by Gasteiger charge is -2.37. The molecule has 51 heavy (non-hydrogen) atoms. The van der Waals surface area contributed by atoms with Gasteiger partial charge >= 0.3 is 6.18 Å². The third-order valence-electron chi connectivity index (χ3n) is 10.6. The number of carbonyl (C=O) groups excluding carboxylic acids is 2. The van der Waals surface area contributed by atoms with E-state index < -0.39 is 29.6 Å². The summed E-state index contributed by atoms with van der Waals surface area (Å²) in [5.41, 5.74) is 10.0. The zero-order valence-corrected chi connectivity index (χ0v) is 28.4. The zero-order chi connectivity index (χ0) is 35.8. The molecule has 0 spiro atoms. The zero-order valence-electron chi connectivity index (χ0n) is 28.4. The van der Waals surface area contributed by atoms with E-state index in [0.29, 0.717) is 58.9 Å². The van der Waals surface area contributed by atoms with Crippen molar-refractivity contribution >= 4 is 33.9 Å². The van der Waals surface area contributed by atoms with Crippen LogP contribution in [0.4, 0.5) is 13.2 Å². The summed E-state index contributed by atoms with van der Waals surface area (Å²) in [6, 6.07) is 10.0. The molecule has 8 rings (SSSR count). The number of hydrogen-bond donors (Lipinski definition) is 2. The lowest BCUT2D eigenvalue weighted by Crippen LogP contribution is -2.51. The summed E-state index contributed by atoms with van der Waals surface area (Å²) in [6.45, 7) is 2.96. The van der Waals surface area contributed by atoms with Crippen LogP contribution in [0.3, 0.4) is 0 Å². The smallest absolute Gasteiger partial charge is 0.451 e. The Morgan fingerprint density at radius 1 is 1.08 bits per heavy atom. The Morgan fingerprint density at radius 3 is 2.63 bits per heavy atom. The second-order valence-electron chi connectivity index (χ2n) is 14.1. The van der Waals surface area contributed by atoms with Gasteiger partial charge in [-0.3, -0.25) is 9.59 Å². The van der Waals surface area contributed by atoms with Crippen molar-refractivity contribution in [3.05, 3.63) is 65.4 Å². The number of nitrogens with two attached hydrogens (primary N) is 1. The van der Waals surface area contributed by atoms with Gasteiger partial charge in [0, 0.05) is 49.4 Å². The van der Waals surface area contributed by atoms with Crippen molar-refractivity contribution < 1.29 is 27.5 Å². The number of nitrogens with zero attached hydrogens (tertiary/aromatic N) is 7. The lowest BCUT2D eigenvalue weighted by molar-refractivity contribution is -0.145. The molecule has 5 aromatic rings. The van der Waals surface area contributed by atoms with E-state index in [1.165, 1.54) is 0 Å². The first-order valence-electron chi connectivity index (χ1n) is 17.2. The summed E-state index contributed by atoms with van der Waals surface area (Å²) in [5, 5.41) is 3.58. The number of aryl methyl sites for hydroxylation is 1. The number of pyridine rings is 1. The van der Waals surface area contributed by atoms with E-state index in [0.717, 1.165) is 61.0 Å². The molecule has 2 bridgehead atoms. The van der Waals surface area contributed by atoms with Crippen molar-refractivity contribution in [2.45, 2.75) is 69.9 Å². The van der Waals surface area contributed by atoms with Crippen LogP contribution in [0.1, 0.15) is 77.4 Å². The number of nitrogens with one attached hydrogen (secondary N) is 1. The molecule has 0 radical (unpaired) electrons. The number of aromatic nitrogens is 6. The van der Waals surface area contributed by atoms with Gasteiger partial charge in [-0.25, -0.2) is 19.9 Å². The Hall–Kier alpha value is -5.05. The molecule has 1 aliphatic heterocycles. The number of imidazole rings is 1. The average Bonchev–Trinajstić information content (AvgIpc) is 3.58. The number of likely N-dealkylation sites (tertiary alicyclic amines) is 1. The minimum atomic E-state index is -4.77. The lowest BCUT2D eigenvalue weighted by atomic mass is 9.94. The summed E-state index contributed by atoms with van der Waals surface area (Å²) >= 11 is 0. The molecule has 0 unspecified atom stereocenters. The fraction of sp³-hybridized carbons (Fsp3) is 0.444. The van der Waals surface area contributed by atoms with Gasteiger partial charge in [-0.15, -0.1) is 0 Å². The molecule has 2 aliphatic carbocycles. The predicted molar refractivity (Wildman–Crippen MR) is 182 cm³/mol. The van der Waals surface area contributed by atoms with Crippen molar-refractivity contribution in [2.75, 3.05) is 13.7 Å². The molecule has 12 nitrogen and oxygen atoms in total. The average molecular weight is 702 g/mol. The second kappa shape index (κ2) is 12.3. The maximum absolute atomic E-state index is 13.9. The first-order chi connectivity index (χ1) is 24.4. The van der Waals surface area contributed by atoms with E-state index in [2.05, 4.69) is 19.9 Å². The number of amides is 2. The molecule has 3 aliphatic rings. The number of carbonyl (C=O) groups is 2. The molecule has 4 atom stereocenters. The molecule has 4 aromatic heterocycles. The fourth-order valence-electron chi connectivity index (χ4n) is 7.70. The number of piperidine rings is 1. The minimum absolute atomic E-state index is 0.0218. The van der Waals surface area contributed by atoms with E-state index in [-0.39, 0.29) is 18.0 Å². The first-order valence-corrected chi connectivity index (χ1v) is 17.2. The molecular formula is C36H38F3N9O3. The number of hydrogen-bond acceptors (Lipinski definition) is 8. The van der Waals surface area contributed by atoms with Gasteiger partial charge < -0.3 is 29.8 Å². The van der Waals surface area contributed by atoms with Crippen molar-refractivity contribution in [1.82, 2.24) is 39.3 Å². The number of methoxy groups -OCH3 is 1. The highest BCUT2D eigenvalue weighted by Gasteiger charge is 2.41. The first kappa shape index (κ1) is 33.1. The van der Waals surface area contributed by atoms with E-state index in [1.807, 2.05) is 34.7 Å². The summed E-state index contributed by atoms with van der Waals surface area (Å²) in [4.78, 5) is 45.4. The van der Waals surface area contributed by atoms with Crippen molar-refractivity contribution in [2.24, 2.45) is 24.6 Å². The number of ether oxygens (including phenoxy) is 1. The maximum atomic E-state index is 13.9. The Labute approximate surface area is 291 Å². The molecule has 15 heteroatoms. The Kier molecular flexibility index (Phi) is 8.00. The number of benzene rings is 1. The fourth-order valence-corrected chi connectivity index (χ4v) is 7.70. The predicted octanol–water partition coefficient (Wildman–Crippen LogP) is 5.26. The van der Waals surface area contributed by atoms with Gasteiger partial charge in [-0.05, 0) is 87.3 Å². The summed E-state index contributed by atoms with van der Waals surface area (Å²) in [5.74, 6) is -0.0431. The standard InChI is InChI=1S/C36H38F3N9O3/c1-18(42-33(49)26-10-11-41-35(45-26)36(37,38)39)25-9-7-21-14-28(48(31(21)43-25)16-19-4-5-19)32-44-27-13-22(15-29(51-3)30(27)46(32)2)34(50)47-17-24(40)20-6-8-23(47)12-20/h7,9-11,13-15,18-20,23-24H,4-6,8,12,16-17,40H2,1-3H3,(H,42,49)/t18-,20+,23-,24+/m1/s1. The van der Waals surface area contributed by atoms with Crippen LogP contribution >= 0.6 is 0 Å². The summed E-state index contributed by atoms with van der Waals surface area (Å²) in [6.07, 6.45) is 1.28. The van der Waals surface area contributed by atoms with Gasteiger partial charge in [-0.1, -0.05) is 0 Å². The highest BCUT2D eigenvalue weighted by molar-refractivity contribution is 6.00. The van der Waals surface area contributed by atoms with E-state index in [1.54, 1.807) is 26.2 Å². The normalized spacial score (nSPS) is 21.0. The van der Waals surface area contributed by atoms with Gasteiger partial charge in [0.1, 0.15) is 22.6 Å². The maximum Gasteiger partial charge on any atom is 0.451 e. The van der Waals surface area contributed by atoms with E-state index in [9.17, 15) is 22.8 Å². The number of halogens is 3. The highest BCUT2D eigenvalue weighted by Crippen LogP contribution is 2.40. The van der Waals surface area contributed by atoms with Gasteiger partial charge in [0.2, 0.25) is 5.82 Å². The Morgan fingerprint density at radius 2 is 1.88 bits per heavy atom. The minimum Gasteiger partial charge on any atom is -0.494 e. The van der Waals surface area contributed by atoms with Crippen LogP contribution in [0.15, 0.2) is 42.6 Å². The summed E-state index contributed by atoms with van der Waals surface area (Å²) in [7, 11) is 3.51. The largest absolute Gasteiger partial charge is 0.494 e. The molecular weight excluding hydrogens is 663 g/mol. The molecule has 3 fully saturated rings. The van der Waals surface area contributed by atoms with Crippen LogP contribution in [0.25, 0.3) is 33.6 Å². The quantitative estimate of drug-likeness (QED) is 0.223. The Bertz CT molecular complexity index is 2190.